The molecule has 0 bridgehead atoms. The van der Waals surface area contributed by atoms with E-state index in [4.69, 9.17) is 10.5 Å². The van der Waals surface area contributed by atoms with Gasteiger partial charge in [0.05, 0.1) is 18.4 Å². The number of hydrogen-bond acceptors (Lipinski definition) is 4. The minimum absolute atomic E-state index is 0.0305. The van der Waals surface area contributed by atoms with Crippen LogP contribution in [-0.2, 0) is 0 Å². The van der Waals surface area contributed by atoms with Gasteiger partial charge in [0.1, 0.15) is 17.3 Å². The Morgan fingerprint density at radius 3 is 2.75 bits per heavy atom. The molecule has 5 nitrogen and oxygen atoms in total. The molecular weight excluding hydrogens is 263 g/mol. The average molecular weight is 276 g/mol. The Bertz CT molecular complexity index is 659. The van der Waals surface area contributed by atoms with Crippen LogP contribution in [0.1, 0.15) is 10.4 Å². The topological polar surface area (TPSA) is 84.6 Å². The van der Waals surface area contributed by atoms with Gasteiger partial charge in [-0.25, -0.2) is 4.39 Å². The summed E-state index contributed by atoms with van der Waals surface area (Å²) >= 11 is 0. The summed E-state index contributed by atoms with van der Waals surface area (Å²) in [6.45, 7) is 0. The van der Waals surface area contributed by atoms with Crippen molar-refractivity contribution in [3.63, 3.8) is 0 Å². The largest absolute Gasteiger partial charge is 0.508 e. The lowest BCUT2D eigenvalue weighted by molar-refractivity contribution is 0.102. The summed E-state index contributed by atoms with van der Waals surface area (Å²) in [7, 11) is 1.44. The molecule has 104 valence electrons. The lowest BCUT2D eigenvalue weighted by atomic mass is 10.1. The molecule has 0 aromatic heterocycles. The third-order valence-electron chi connectivity index (χ3n) is 2.70. The number of carbonyl (C=O) groups is 1. The Balaban J connectivity index is 2.30. The van der Waals surface area contributed by atoms with E-state index in [-0.39, 0.29) is 22.7 Å². The van der Waals surface area contributed by atoms with Gasteiger partial charge < -0.3 is 20.9 Å². The first-order chi connectivity index (χ1) is 9.51. The summed E-state index contributed by atoms with van der Waals surface area (Å²) < 4.78 is 18.6. The smallest absolute Gasteiger partial charge is 0.257 e. The first kappa shape index (κ1) is 13.7. The van der Waals surface area contributed by atoms with E-state index in [9.17, 15) is 14.3 Å². The third-order valence-corrected chi connectivity index (χ3v) is 2.70. The van der Waals surface area contributed by atoms with E-state index in [1.807, 2.05) is 0 Å². The van der Waals surface area contributed by atoms with E-state index in [1.165, 1.54) is 43.5 Å². The number of ether oxygens (including phenoxy) is 1. The zero-order chi connectivity index (χ0) is 14.7. The number of benzene rings is 2. The normalized spacial score (nSPS) is 10.1. The number of phenolic OH excluding ortho intramolecular Hbond substituents is 1. The minimum atomic E-state index is -0.620. The molecule has 2 aromatic rings. The van der Waals surface area contributed by atoms with Gasteiger partial charge >= 0.3 is 0 Å². The van der Waals surface area contributed by atoms with Crippen LogP contribution in [0.5, 0.6) is 11.5 Å². The van der Waals surface area contributed by atoms with Gasteiger partial charge in [-0.3, -0.25) is 4.79 Å². The Morgan fingerprint density at radius 1 is 1.30 bits per heavy atom. The zero-order valence-corrected chi connectivity index (χ0v) is 10.7. The molecule has 0 unspecified atom stereocenters. The van der Waals surface area contributed by atoms with Crippen LogP contribution in [0.3, 0.4) is 0 Å². The fraction of sp³-hybridized carbons (Fsp3) is 0.0714. The van der Waals surface area contributed by atoms with Crippen molar-refractivity contribution in [1.29, 1.82) is 0 Å². The fourth-order valence-electron chi connectivity index (χ4n) is 1.66. The Kier molecular flexibility index (Phi) is 3.74. The van der Waals surface area contributed by atoms with E-state index in [0.29, 0.717) is 5.75 Å². The molecule has 0 atom stereocenters. The highest BCUT2D eigenvalue weighted by molar-refractivity contribution is 6.08. The molecule has 20 heavy (non-hydrogen) atoms. The maximum Gasteiger partial charge on any atom is 0.257 e. The third kappa shape index (κ3) is 2.80. The number of nitrogens with one attached hydrogen (secondary N) is 1. The molecule has 6 heteroatoms. The standard InChI is InChI=1S/C14H13FN2O3/c1-20-9-3-4-11(15)13(7-9)17-14(19)10-6-8(18)2-5-12(10)16/h2-7,18H,16H2,1H3,(H,17,19). The molecule has 0 aliphatic rings. The molecule has 0 saturated heterocycles. The van der Waals surface area contributed by atoms with Gasteiger partial charge in [0.2, 0.25) is 0 Å². The van der Waals surface area contributed by atoms with Crippen LogP contribution in [0.15, 0.2) is 36.4 Å². The summed E-state index contributed by atoms with van der Waals surface area (Å²) in [6.07, 6.45) is 0. The molecule has 2 aromatic carbocycles. The monoisotopic (exact) mass is 276 g/mol. The van der Waals surface area contributed by atoms with Gasteiger partial charge in [-0.2, -0.15) is 0 Å². The highest BCUT2D eigenvalue weighted by atomic mass is 19.1. The highest BCUT2D eigenvalue weighted by Crippen LogP contribution is 2.24. The van der Waals surface area contributed by atoms with Crippen molar-refractivity contribution >= 4 is 17.3 Å². The first-order valence-electron chi connectivity index (χ1n) is 5.74. The van der Waals surface area contributed by atoms with Crippen molar-refractivity contribution in [2.24, 2.45) is 0 Å². The molecule has 0 aliphatic carbocycles. The van der Waals surface area contributed by atoms with Crippen molar-refractivity contribution in [3.8, 4) is 11.5 Å². The summed E-state index contributed by atoms with van der Waals surface area (Å²) in [5.41, 5.74) is 5.86. The second kappa shape index (κ2) is 5.48. The van der Waals surface area contributed by atoms with E-state index in [1.54, 1.807) is 0 Å². The molecule has 0 aliphatic heterocycles. The number of phenols is 1. The molecule has 0 heterocycles. The second-order valence-electron chi connectivity index (χ2n) is 4.07. The van der Waals surface area contributed by atoms with Gasteiger partial charge in [0.25, 0.3) is 5.91 Å². The average Bonchev–Trinajstić information content (AvgIpc) is 2.43. The van der Waals surface area contributed by atoms with Crippen LogP contribution in [0.2, 0.25) is 0 Å². The highest BCUT2D eigenvalue weighted by Gasteiger charge is 2.13. The summed E-state index contributed by atoms with van der Waals surface area (Å²) in [4.78, 5) is 12.0. The summed E-state index contributed by atoms with van der Waals surface area (Å²) in [5.74, 6) is -0.913. The van der Waals surface area contributed by atoms with Crippen molar-refractivity contribution in [2.45, 2.75) is 0 Å². The van der Waals surface area contributed by atoms with Gasteiger partial charge in [-0.1, -0.05) is 0 Å². The quantitative estimate of drug-likeness (QED) is 0.593. The number of hydrogen-bond donors (Lipinski definition) is 3. The summed E-state index contributed by atoms with van der Waals surface area (Å²) in [6, 6.07) is 7.94. The molecule has 0 spiro atoms. The van der Waals surface area contributed by atoms with Crippen LogP contribution in [0.4, 0.5) is 15.8 Å². The number of amides is 1. The predicted molar refractivity (Wildman–Crippen MR) is 73.4 cm³/mol. The van der Waals surface area contributed by atoms with Gasteiger partial charge in [-0.15, -0.1) is 0 Å². The van der Waals surface area contributed by atoms with E-state index >= 15 is 0 Å². The van der Waals surface area contributed by atoms with E-state index < -0.39 is 11.7 Å². The molecule has 0 radical (unpaired) electrons. The number of methoxy groups -OCH3 is 1. The molecule has 0 fully saturated rings. The first-order valence-corrected chi connectivity index (χ1v) is 5.74. The number of nitrogen functional groups attached to an aromatic ring is 1. The summed E-state index contributed by atoms with van der Waals surface area (Å²) in [5, 5.41) is 11.7. The van der Waals surface area contributed by atoms with Gasteiger partial charge in [-0.05, 0) is 30.3 Å². The van der Waals surface area contributed by atoms with Crippen molar-refractivity contribution < 1.29 is 19.0 Å². The Hall–Kier alpha value is -2.76. The SMILES string of the molecule is COc1ccc(F)c(NC(=O)c2cc(O)ccc2N)c1. The Morgan fingerprint density at radius 2 is 2.05 bits per heavy atom. The number of halogens is 1. The fourth-order valence-corrected chi connectivity index (χ4v) is 1.66. The van der Waals surface area contributed by atoms with Gasteiger partial charge in [0, 0.05) is 11.8 Å². The number of rotatable bonds is 3. The van der Waals surface area contributed by atoms with Crippen LogP contribution in [0, 0.1) is 5.82 Å². The minimum Gasteiger partial charge on any atom is -0.508 e. The molecule has 1 amide bonds. The molecule has 0 saturated carbocycles. The van der Waals surface area contributed by atoms with Crippen LogP contribution in [-0.4, -0.2) is 18.1 Å². The van der Waals surface area contributed by atoms with Crippen molar-refractivity contribution in [3.05, 3.63) is 47.8 Å². The lowest BCUT2D eigenvalue weighted by Crippen LogP contribution is -2.15. The molecular formula is C14H13FN2O3. The van der Waals surface area contributed by atoms with E-state index in [0.717, 1.165) is 0 Å². The van der Waals surface area contributed by atoms with E-state index in [2.05, 4.69) is 5.32 Å². The van der Waals surface area contributed by atoms with Crippen molar-refractivity contribution in [1.82, 2.24) is 0 Å². The number of anilines is 2. The number of nitrogens with two attached hydrogens (primary N) is 1. The number of carbonyl (C=O) groups excluding carboxylic acids is 1. The van der Waals surface area contributed by atoms with Crippen molar-refractivity contribution in [2.75, 3.05) is 18.2 Å². The van der Waals surface area contributed by atoms with Gasteiger partial charge in [0.15, 0.2) is 0 Å². The zero-order valence-electron chi connectivity index (χ0n) is 10.7. The maximum atomic E-state index is 13.6. The predicted octanol–water partition coefficient (Wildman–Crippen LogP) is 2.37. The molecule has 4 N–H and O–H groups in total. The van der Waals surface area contributed by atoms with Crippen LogP contribution < -0.4 is 15.8 Å². The maximum absolute atomic E-state index is 13.6. The molecule has 2 rings (SSSR count). The Labute approximate surface area is 114 Å². The second-order valence-corrected chi connectivity index (χ2v) is 4.07. The van der Waals surface area contributed by atoms with Crippen LogP contribution in [0.25, 0.3) is 0 Å². The van der Waals surface area contributed by atoms with Crippen LogP contribution >= 0.6 is 0 Å². The lowest BCUT2D eigenvalue weighted by Gasteiger charge is -2.10. The number of aromatic hydroxyl groups is 1.